The number of hydrogen-bond acceptors (Lipinski definition) is 2. The van der Waals surface area contributed by atoms with Crippen molar-refractivity contribution in [3.05, 3.63) is 64.2 Å². The van der Waals surface area contributed by atoms with Gasteiger partial charge in [0.25, 0.3) is 5.91 Å². The second-order valence-corrected chi connectivity index (χ2v) is 7.31. The Kier molecular flexibility index (Phi) is 5.97. The van der Waals surface area contributed by atoms with Crippen molar-refractivity contribution in [3.8, 4) is 5.75 Å². The third kappa shape index (κ3) is 4.46. The summed E-state index contributed by atoms with van der Waals surface area (Å²) >= 11 is 0. The second kappa shape index (κ2) is 8.39. The van der Waals surface area contributed by atoms with Gasteiger partial charge in [-0.25, -0.2) is 0 Å². The molecule has 1 amide bonds. The first-order valence-corrected chi connectivity index (χ1v) is 9.68. The van der Waals surface area contributed by atoms with Crippen molar-refractivity contribution < 1.29 is 9.53 Å². The van der Waals surface area contributed by atoms with Crippen LogP contribution in [0.4, 0.5) is 0 Å². The molecule has 0 saturated carbocycles. The van der Waals surface area contributed by atoms with Crippen LogP contribution in [-0.2, 0) is 17.6 Å². The van der Waals surface area contributed by atoms with Crippen LogP contribution >= 0.6 is 0 Å². The number of nitrogens with one attached hydrogen (secondary N) is 1. The van der Waals surface area contributed by atoms with E-state index in [1.165, 1.54) is 40.7 Å². The highest BCUT2D eigenvalue weighted by Gasteiger charge is 2.16. The normalized spacial score (nSPS) is 14.4. The summed E-state index contributed by atoms with van der Waals surface area (Å²) < 4.78 is 5.75. The minimum absolute atomic E-state index is 0.0234. The SMILES string of the molecule is CC[C@@H](NC(=O)COc1ccc2c(c1)CCCC2)c1ccc(C)cc1C. The lowest BCUT2D eigenvalue weighted by molar-refractivity contribution is -0.123. The summed E-state index contributed by atoms with van der Waals surface area (Å²) in [7, 11) is 0. The van der Waals surface area contributed by atoms with E-state index in [0.717, 1.165) is 25.0 Å². The van der Waals surface area contributed by atoms with E-state index in [9.17, 15) is 4.79 Å². The molecule has 0 fully saturated rings. The molecule has 138 valence electrons. The number of ether oxygens (including phenoxy) is 1. The zero-order valence-corrected chi connectivity index (χ0v) is 16.1. The van der Waals surface area contributed by atoms with Gasteiger partial charge in [0, 0.05) is 0 Å². The fourth-order valence-corrected chi connectivity index (χ4v) is 3.80. The number of hydrogen-bond donors (Lipinski definition) is 1. The molecule has 2 aromatic rings. The molecule has 26 heavy (non-hydrogen) atoms. The van der Waals surface area contributed by atoms with Crippen LogP contribution in [0, 0.1) is 13.8 Å². The molecule has 0 radical (unpaired) electrons. The van der Waals surface area contributed by atoms with Crippen molar-refractivity contribution in [3.63, 3.8) is 0 Å². The Morgan fingerprint density at radius 3 is 2.58 bits per heavy atom. The Labute approximate surface area is 156 Å². The fraction of sp³-hybridized carbons (Fsp3) is 0.435. The number of carbonyl (C=O) groups excluding carboxylic acids is 1. The minimum Gasteiger partial charge on any atom is -0.484 e. The quantitative estimate of drug-likeness (QED) is 0.809. The van der Waals surface area contributed by atoms with E-state index < -0.39 is 0 Å². The summed E-state index contributed by atoms with van der Waals surface area (Å²) in [6.07, 6.45) is 5.64. The van der Waals surface area contributed by atoms with Gasteiger partial charge in [0.1, 0.15) is 5.75 Å². The first-order valence-electron chi connectivity index (χ1n) is 9.68. The van der Waals surface area contributed by atoms with Crippen LogP contribution in [0.25, 0.3) is 0 Å². The average molecular weight is 351 g/mol. The lowest BCUT2D eigenvalue weighted by Gasteiger charge is -2.20. The molecule has 1 aliphatic rings. The monoisotopic (exact) mass is 351 g/mol. The van der Waals surface area contributed by atoms with Crippen LogP contribution in [0.5, 0.6) is 5.75 Å². The van der Waals surface area contributed by atoms with Gasteiger partial charge in [-0.05, 0) is 80.3 Å². The number of aryl methyl sites for hydroxylation is 4. The van der Waals surface area contributed by atoms with Crippen LogP contribution in [0.15, 0.2) is 36.4 Å². The number of carbonyl (C=O) groups is 1. The Balaban J connectivity index is 1.59. The van der Waals surface area contributed by atoms with Crippen molar-refractivity contribution in [2.75, 3.05) is 6.61 Å². The molecule has 1 aliphatic carbocycles. The third-order valence-corrected chi connectivity index (χ3v) is 5.23. The van der Waals surface area contributed by atoms with Crippen molar-refractivity contribution in [2.45, 2.75) is 58.9 Å². The van der Waals surface area contributed by atoms with Crippen LogP contribution < -0.4 is 10.1 Å². The zero-order chi connectivity index (χ0) is 18.5. The zero-order valence-electron chi connectivity index (χ0n) is 16.1. The van der Waals surface area contributed by atoms with Crippen LogP contribution in [0.2, 0.25) is 0 Å². The van der Waals surface area contributed by atoms with Gasteiger partial charge in [-0.1, -0.05) is 36.8 Å². The third-order valence-electron chi connectivity index (χ3n) is 5.23. The van der Waals surface area contributed by atoms with Gasteiger partial charge in [0.05, 0.1) is 6.04 Å². The number of benzene rings is 2. The Morgan fingerprint density at radius 1 is 1.08 bits per heavy atom. The van der Waals surface area contributed by atoms with E-state index in [4.69, 9.17) is 4.74 Å². The second-order valence-electron chi connectivity index (χ2n) is 7.31. The van der Waals surface area contributed by atoms with Crippen LogP contribution in [0.3, 0.4) is 0 Å². The van der Waals surface area contributed by atoms with Crippen molar-refractivity contribution in [2.24, 2.45) is 0 Å². The maximum atomic E-state index is 12.4. The van der Waals surface area contributed by atoms with Crippen LogP contribution in [0.1, 0.15) is 60.0 Å². The summed E-state index contributed by atoms with van der Waals surface area (Å²) in [5.74, 6) is 0.718. The van der Waals surface area contributed by atoms with Gasteiger partial charge in [-0.2, -0.15) is 0 Å². The van der Waals surface area contributed by atoms with Gasteiger partial charge in [-0.3, -0.25) is 4.79 Å². The molecule has 0 saturated heterocycles. The molecular weight excluding hydrogens is 322 g/mol. The van der Waals surface area contributed by atoms with E-state index in [1.54, 1.807) is 0 Å². The first-order chi connectivity index (χ1) is 12.6. The topological polar surface area (TPSA) is 38.3 Å². The Bertz CT molecular complexity index is 782. The van der Waals surface area contributed by atoms with Gasteiger partial charge < -0.3 is 10.1 Å². The summed E-state index contributed by atoms with van der Waals surface area (Å²) in [6.45, 7) is 6.33. The molecule has 0 bridgehead atoms. The van der Waals surface area contributed by atoms with Crippen LogP contribution in [-0.4, -0.2) is 12.5 Å². The van der Waals surface area contributed by atoms with Gasteiger partial charge in [0.2, 0.25) is 0 Å². The molecule has 3 nitrogen and oxygen atoms in total. The first kappa shape index (κ1) is 18.5. The maximum absolute atomic E-state index is 12.4. The number of fused-ring (bicyclic) bond motifs is 1. The van der Waals surface area contributed by atoms with E-state index in [2.05, 4.69) is 56.4 Å². The summed E-state index contributed by atoms with van der Waals surface area (Å²) in [5.41, 5.74) is 6.43. The summed E-state index contributed by atoms with van der Waals surface area (Å²) in [6, 6.07) is 12.6. The smallest absolute Gasteiger partial charge is 0.258 e. The molecule has 0 heterocycles. The largest absolute Gasteiger partial charge is 0.484 e. The Morgan fingerprint density at radius 2 is 1.85 bits per heavy atom. The van der Waals surface area contributed by atoms with Gasteiger partial charge in [-0.15, -0.1) is 0 Å². The van der Waals surface area contributed by atoms with E-state index in [1.807, 2.05) is 6.07 Å². The molecule has 1 atom stereocenters. The average Bonchev–Trinajstić information content (AvgIpc) is 2.65. The lowest BCUT2D eigenvalue weighted by atomic mass is 9.92. The van der Waals surface area contributed by atoms with Crippen molar-refractivity contribution >= 4 is 5.91 Å². The van der Waals surface area contributed by atoms with E-state index >= 15 is 0 Å². The highest BCUT2D eigenvalue weighted by Crippen LogP contribution is 2.25. The standard InChI is InChI=1S/C23H29NO2/c1-4-22(21-12-9-16(2)13-17(21)3)24-23(25)15-26-20-11-10-18-7-5-6-8-19(18)14-20/h9-14,22H,4-8,15H2,1-3H3,(H,24,25)/t22-/m1/s1. The van der Waals surface area contributed by atoms with E-state index in [0.29, 0.717) is 0 Å². The Hall–Kier alpha value is -2.29. The lowest BCUT2D eigenvalue weighted by Crippen LogP contribution is -2.32. The molecule has 0 unspecified atom stereocenters. The predicted molar refractivity (Wildman–Crippen MR) is 106 cm³/mol. The molecule has 0 spiro atoms. The number of amides is 1. The summed E-state index contributed by atoms with van der Waals surface area (Å²) in [5, 5.41) is 3.11. The van der Waals surface area contributed by atoms with Crippen molar-refractivity contribution in [1.82, 2.24) is 5.32 Å². The van der Waals surface area contributed by atoms with Gasteiger partial charge >= 0.3 is 0 Å². The summed E-state index contributed by atoms with van der Waals surface area (Å²) in [4.78, 5) is 12.4. The highest BCUT2D eigenvalue weighted by molar-refractivity contribution is 5.78. The van der Waals surface area contributed by atoms with Crippen molar-refractivity contribution in [1.29, 1.82) is 0 Å². The molecule has 0 aromatic heterocycles. The molecule has 1 N–H and O–H groups in total. The number of rotatable bonds is 6. The van der Waals surface area contributed by atoms with E-state index in [-0.39, 0.29) is 18.6 Å². The molecule has 3 rings (SSSR count). The maximum Gasteiger partial charge on any atom is 0.258 e. The minimum atomic E-state index is -0.0745. The predicted octanol–water partition coefficient (Wildman–Crippen LogP) is 4.83. The molecule has 2 aromatic carbocycles. The fourth-order valence-electron chi connectivity index (χ4n) is 3.80. The molecule has 0 aliphatic heterocycles. The highest BCUT2D eigenvalue weighted by atomic mass is 16.5. The molecule has 3 heteroatoms. The van der Waals surface area contributed by atoms with Gasteiger partial charge in [0.15, 0.2) is 6.61 Å². The molecular formula is C23H29NO2.